The van der Waals surface area contributed by atoms with Gasteiger partial charge in [-0.1, -0.05) is 11.6 Å². The van der Waals surface area contributed by atoms with Crippen LogP contribution in [-0.2, 0) is 9.47 Å². The number of piperidine rings is 1. The monoisotopic (exact) mass is 446 g/mol. The lowest BCUT2D eigenvalue weighted by Crippen LogP contribution is -2.51. The van der Waals surface area contributed by atoms with Crippen LogP contribution in [0.1, 0.15) is 56.8 Å². The van der Waals surface area contributed by atoms with E-state index in [0.717, 1.165) is 25.7 Å². The summed E-state index contributed by atoms with van der Waals surface area (Å²) < 4.78 is 10.4. The van der Waals surface area contributed by atoms with E-state index in [1.165, 1.54) is 13.3 Å². The van der Waals surface area contributed by atoms with E-state index < -0.39 is 11.6 Å². The summed E-state index contributed by atoms with van der Waals surface area (Å²) in [7, 11) is 1.33. The molecular weight excluding hydrogens is 420 g/mol. The average Bonchev–Trinajstić information content (AvgIpc) is 2.96. The topological polar surface area (TPSA) is 93.6 Å². The Labute approximate surface area is 186 Å². The molecule has 2 saturated heterocycles. The number of hydrogen-bond acceptors (Lipinski definition) is 7. The highest BCUT2D eigenvalue weighted by Crippen LogP contribution is 2.38. The van der Waals surface area contributed by atoms with Crippen LogP contribution in [0.2, 0.25) is 5.15 Å². The molecule has 0 saturated carbocycles. The van der Waals surface area contributed by atoms with Crippen molar-refractivity contribution >= 4 is 40.4 Å². The Hall–Kier alpha value is -2.61. The predicted octanol–water partition coefficient (Wildman–Crippen LogP) is 4.41. The molecule has 2 bridgehead atoms. The Morgan fingerprint density at radius 1 is 1.19 bits per heavy atom. The molecule has 0 aromatic carbocycles. The molecule has 3 atom stereocenters. The third-order valence-corrected chi connectivity index (χ3v) is 5.94. The number of fused-ring (bicyclic) bond motifs is 3. The molecule has 0 unspecified atom stereocenters. The first-order valence-corrected chi connectivity index (χ1v) is 10.8. The van der Waals surface area contributed by atoms with Crippen molar-refractivity contribution in [3.63, 3.8) is 0 Å². The van der Waals surface area contributed by atoms with E-state index in [1.54, 1.807) is 12.1 Å². The molecule has 2 aromatic rings. The number of halogens is 1. The number of anilines is 1. The third kappa shape index (κ3) is 4.54. The van der Waals surface area contributed by atoms with Crippen LogP contribution in [-0.4, -0.2) is 57.8 Å². The number of ether oxygens (including phenoxy) is 2. The van der Waals surface area contributed by atoms with E-state index in [0.29, 0.717) is 27.4 Å². The number of amides is 1. The molecule has 8 nitrogen and oxygen atoms in total. The summed E-state index contributed by atoms with van der Waals surface area (Å²) in [5.74, 6) is 0.120. The first-order valence-electron chi connectivity index (χ1n) is 10.5. The Morgan fingerprint density at radius 2 is 1.87 bits per heavy atom. The van der Waals surface area contributed by atoms with Crippen LogP contribution in [0.5, 0.6) is 0 Å². The maximum Gasteiger partial charge on any atom is 0.410 e. The van der Waals surface area contributed by atoms with Gasteiger partial charge in [0, 0.05) is 35.8 Å². The molecule has 4 heterocycles. The summed E-state index contributed by atoms with van der Waals surface area (Å²) in [4.78, 5) is 35.3. The fourth-order valence-electron chi connectivity index (χ4n) is 4.53. The van der Waals surface area contributed by atoms with Gasteiger partial charge in [0.2, 0.25) is 0 Å². The quantitative estimate of drug-likeness (QED) is 0.551. The van der Waals surface area contributed by atoms with Gasteiger partial charge >= 0.3 is 12.1 Å². The van der Waals surface area contributed by atoms with Crippen molar-refractivity contribution in [1.82, 2.24) is 14.9 Å². The van der Waals surface area contributed by atoms with Crippen LogP contribution in [0.3, 0.4) is 0 Å². The fraction of sp³-hybridized carbons (Fsp3) is 0.545. The zero-order chi connectivity index (χ0) is 22.3. The van der Waals surface area contributed by atoms with Crippen molar-refractivity contribution < 1.29 is 19.1 Å². The van der Waals surface area contributed by atoms with Crippen molar-refractivity contribution in [3.05, 3.63) is 29.0 Å². The van der Waals surface area contributed by atoms with Crippen LogP contribution in [0, 0.1) is 0 Å². The number of carbonyl (C=O) groups is 2. The second-order valence-electron chi connectivity index (χ2n) is 9.16. The second-order valence-corrected chi connectivity index (χ2v) is 9.55. The number of esters is 1. The molecule has 0 spiro atoms. The van der Waals surface area contributed by atoms with E-state index in [4.69, 9.17) is 21.1 Å². The van der Waals surface area contributed by atoms with Crippen LogP contribution in [0.4, 0.5) is 10.6 Å². The number of pyridine rings is 2. The molecule has 0 aliphatic carbocycles. The zero-order valence-electron chi connectivity index (χ0n) is 18.1. The number of carbonyl (C=O) groups excluding carboxylic acids is 2. The molecule has 2 aliphatic heterocycles. The number of nitrogens with zero attached hydrogens (tertiary/aromatic N) is 3. The minimum absolute atomic E-state index is 0.118. The summed E-state index contributed by atoms with van der Waals surface area (Å²) in [5.41, 5.74) is 0.478. The van der Waals surface area contributed by atoms with E-state index in [1.807, 2.05) is 25.7 Å². The maximum absolute atomic E-state index is 12.7. The molecule has 1 N–H and O–H groups in total. The second kappa shape index (κ2) is 8.15. The smallest absolute Gasteiger partial charge is 0.410 e. The molecule has 166 valence electrons. The summed E-state index contributed by atoms with van der Waals surface area (Å²) in [6, 6.07) is 3.75. The largest absolute Gasteiger partial charge is 0.465 e. The van der Waals surface area contributed by atoms with Gasteiger partial charge in [-0.3, -0.25) is 4.98 Å². The first-order chi connectivity index (χ1) is 14.6. The van der Waals surface area contributed by atoms with Gasteiger partial charge in [0.1, 0.15) is 16.6 Å². The Balaban J connectivity index is 1.55. The van der Waals surface area contributed by atoms with Gasteiger partial charge in [-0.2, -0.15) is 0 Å². The summed E-state index contributed by atoms with van der Waals surface area (Å²) >= 11 is 6.21. The number of aromatic nitrogens is 2. The molecule has 1 amide bonds. The van der Waals surface area contributed by atoms with Gasteiger partial charge in [-0.25, -0.2) is 14.6 Å². The van der Waals surface area contributed by atoms with Crippen LogP contribution in [0.25, 0.3) is 10.9 Å². The number of hydrogen-bond donors (Lipinski definition) is 1. The summed E-state index contributed by atoms with van der Waals surface area (Å²) in [6.07, 6.45) is 4.72. The van der Waals surface area contributed by atoms with Crippen molar-refractivity contribution in [2.24, 2.45) is 0 Å². The molecular formula is C22H27ClN4O4. The third-order valence-electron chi connectivity index (χ3n) is 5.75. The van der Waals surface area contributed by atoms with Crippen molar-refractivity contribution in [1.29, 1.82) is 0 Å². The normalized spacial score (nSPS) is 23.0. The SMILES string of the molecule is COC(=O)c1cnc2cc(Cl)nc(N[C@H]3C[C@H]4CC[C@@H](C3)N4C(=O)OC(C)(C)C)c2c1. The molecule has 9 heteroatoms. The molecule has 2 aliphatic rings. The standard InChI is InChI=1S/C22H27ClN4O4/c1-22(2,3)31-21(29)27-14-5-6-15(27)9-13(8-14)25-19-16-7-12(20(28)30-4)11-24-17(16)10-18(23)26-19/h7,10-11,13-15H,5-6,8-9H2,1-4H3,(H,25,26)/t13-,14+,15-. The van der Waals surface area contributed by atoms with E-state index in [9.17, 15) is 9.59 Å². The Kier molecular flexibility index (Phi) is 5.68. The van der Waals surface area contributed by atoms with Gasteiger partial charge in [-0.05, 0) is 52.5 Å². The first kappa shape index (κ1) is 21.6. The van der Waals surface area contributed by atoms with E-state index >= 15 is 0 Å². The lowest BCUT2D eigenvalue weighted by Gasteiger charge is -2.39. The Bertz CT molecular complexity index is 1010. The van der Waals surface area contributed by atoms with Crippen LogP contribution < -0.4 is 5.32 Å². The van der Waals surface area contributed by atoms with E-state index in [2.05, 4.69) is 15.3 Å². The van der Waals surface area contributed by atoms with Crippen LogP contribution >= 0.6 is 11.6 Å². The fourth-order valence-corrected chi connectivity index (χ4v) is 4.72. The molecule has 4 rings (SSSR count). The average molecular weight is 447 g/mol. The number of rotatable bonds is 3. The highest BCUT2D eigenvalue weighted by atomic mass is 35.5. The zero-order valence-corrected chi connectivity index (χ0v) is 18.9. The van der Waals surface area contributed by atoms with Crippen molar-refractivity contribution in [2.75, 3.05) is 12.4 Å². The van der Waals surface area contributed by atoms with Crippen molar-refractivity contribution in [2.45, 2.75) is 70.2 Å². The summed E-state index contributed by atoms with van der Waals surface area (Å²) in [6.45, 7) is 5.65. The lowest BCUT2D eigenvalue weighted by atomic mass is 9.97. The number of methoxy groups -OCH3 is 1. The van der Waals surface area contributed by atoms with Crippen LogP contribution in [0.15, 0.2) is 18.3 Å². The lowest BCUT2D eigenvalue weighted by molar-refractivity contribution is 0.00681. The molecule has 31 heavy (non-hydrogen) atoms. The minimum atomic E-state index is -0.514. The van der Waals surface area contributed by atoms with Gasteiger partial charge in [0.05, 0.1) is 18.2 Å². The van der Waals surface area contributed by atoms with Gasteiger partial charge in [0.25, 0.3) is 0 Å². The predicted molar refractivity (Wildman–Crippen MR) is 117 cm³/mol. The van der Waals surface area contributed by atoms with E-state index in [-0.39, 0.29) is 24.2 Å². The highest BCUT2D eigenvalue weighted by Gasteiger charge is 2.45. The van der Waals surface area contributed by atoms with Gasteiger partial charge in [-0.15, -0.1) is 0 Å². The molecule has 2 fully saturated rings. The Morgan fingerprint density at radius 3 is 2.48 bits per heavy atom. The molecule has 2 aromatic heterocycles. The summed E-state index contributed by atoms with van der Waals surface area (Å²) in [5, 5.41) is 4.52. The van der Waals surface area contributed by atoms with Crippen molar-refractivity contribution in [3.8, 4) is 0 Å². The van der Waals surface area contributed by atoms with Gasteiger partial charge in [0.15, 0.2) is 0 Å². The maximum atomic E-state index is 12.7. The molecule has 0 radical (unpaired) electrons. The van der Waals surface area contributed by atoms with Gasteiger partial charge < -0.3 is 19.7 Å². The highest BCUT2D eigenvalue weighted by molar-refractivity contribution is 6.30. The number of nitrogens with one attached hydrogen (secondary N) is 1. The minimum Gasteiger partial charge on any atom is -0.465 e.